The monoisotopic (exact) mass is 225 g/mol. The van der Waals surface area contributed by atoms with E-state index in [0.29, 0.717) is 0 Å². The van der Waals surface area contributed by atoms with Crippen LogP contribution in [0.15, 0.2) is 11.6 Å². The van der Waals surface area contributed by atoms with Crippen molar-refractivity contribution in [2.45, 2.75) is 26.7 Å². The van der Waals surface area contributed by atoms with Gasteiger partial charge in [0, 0.05) is 27.4 Å². The van der Waals surface area contributed by atoms with Gasteiger partial charge < -0.3 is 0 Å². The highest BCUT2D eigenvalue weighted by atomic mass is 35.5. The first-order valence-electron chi connectivity index (χ1n) is 4.81. The number of hydrogen-bond donors (Lipinski definition) is 0. The molecule has 0 amide bonds. The summed E-state index contributed by atoms with van der Waals surface area (Å²) >= 11 is 7.79. The number of rotatable bonds is 2. The quantitative estimate of drug-likeness (QED) is 0.751. The van der Waals surface area contributed by atoms with E-state index in [1.54, 1.807) is 11.3 Å². The fraction of sp³-hybridized carbons (Fsp3) is 0.364. The van der Waals surface area contributed by atoms with Crippen LogP contribution in [0.25, 0.3) is 10.1 Å². The highest BCUT2D eigenvalue weighted by Gasteiger charge is 2.09. The van der Waals surface area contributed by atoms with E-state index >= 15 is 0 Å². The number of aryl methyl sites for hydroxylation is 2. The highest BCUT2D eigenvalue weighted by molar-refractivity contribution is 7.18. The fourth-order valence-electron chi connectivity index (χ4n) is 1.72. The first kappa shape index (κ1) is 9.94. The highest BCUT2D eigenvalue weighted by Crippen LogP contribution is 2.33. The van der Waals surface area contributed by atoms with Crippen molar-refractivity contribution in [1.29, 1.82) is 0 Å². The van der Waals surface area contributed by atoms with E-state index in [1.807, 2.05) is 11.6 Å². The van der Waals surface area contributed by atoms with E-state index in [2.05, 4.69) is 18.8 Å². The fourth-order valence-corrected chi connectivity index (χ4v) is 3.10. The Labute approximate surface area is 92.7 Å². The molecule has 14 heavy (non-hydrogen) atoms. The van der Waals surface area contributed by atoms with Gasteiger partial charge in [0.2, 0.25) is 0 Å². The first-order valence-corrected chi connectivity index (χ1v) is 6.07. The minimum atomic E-state index is 0.829. The Morgan fingerprint density at radius 3 is 2.79 bits per heavy atom. The van der Waals surface area contributed by atoms with Crippen molar-refractivity contribution >= 4 is 33.0 Å². The number of thiophene rings is 1. The topological polar surface area (TPSA) is 12.9 Å². The molecule has 0 radical (unpaired) electrons. The lowest BCUT2D eigenvalue weighted by Gasteiger charge is -2.05. The summed E-state index contributed by atoms with van der Waals surface area (Å²) < 4.78 is 1.31. The van der Waals surface area contributed by atoms with Gasteiger partial charge in [-0.15, -0.1) is 11.3 Å². The van der Waals surface area contributed by atoms with Crippen LogP contribution in [0.1, 0.15) is 25.1 Å². The molecule has 2 heterocycles. The lowest BCUT2D eigenvalue weighted by Crippen LogP contribution is -1.94. The van der Waals surface area contributed by atoms with Gasteiger partial charge >= 0.3 is 0 Å². The van der Waals surface area contributed by atoms with Crippen LogP contribution in [0.2, 0.25) is 5.02 Å². The molecular weight excluding hydrogens is 214 g/mol. The Balaban J connectivity index is 2.77. The molecule has 0 aromatic carbocycles. The maximum absolute atomic E-state index is 6.07. The van der Waals surface area contributed by atoms with E-state index in [1.165, 1.54) is 16.0 Å². The van der Waals surface area contributed by atoms with Crippen LogP contribution < -0.4 is 0 Å². The minimum Gasteiger partial charge on any atom is -0.260 e. The molecule has 0 saturated carbocycles. The summed E-state index contributed by atoms with van der Waals surface area (Å²) in [6.07, 6.45) is 3.92. The van der Waals surface area contributed by atoms with Crippen molar-refractivity contribution < 1.29 is 0 Å². The predicted molar refractivity (Wildman–Crippen MR) is 63.4 cm³/mol. The summed E-state index contributed by atoms with van der Waals surface area (Å²) in [6, 6.07) is 0. The average molecular weight is 226 g/mol. The Morgan fingerprint density at radius 2 is 2.14 bits per heavy atom. The molecule has 0 aliphatic carbocycles. The number of pyridine rings is 1. The lowest BCUT2D eigenvalue weighted by molar-refractivity contribution is 0.982. The van der Waals surface area contributed by atoms with Gasteiger partial charge in [-0.3, -0.25) is 4.98 Å². The SMILES string of the molecule is CCc1ncc2c(Cl)csc2c1CC. The van der Waals surface area contributed by atoms with Crippen molar-refractivity contribution in [2.24, 2.45) is 0 Å². The average Bonchev–Trinajstić information content (AvgIpc) is 2.59. The van der Waals surface area contributed by atoms with E-state index in [-0.39, 0.29) is 0 Å². The molecule has 1 nitrogen and oxygen atoms in total. The van der Waals surface area contributed by atoms with Gasteiger partial charge in [-0.2, -0.15) is 0 Å². The zero-order valence-corrected chi connectivity index (χ0v) is 9.87. The summed E-state index contributed by atoms with van der Waals surface area (Å²) in [6.45, 7) is 4.31. The Hall–Kier alpha value is -0.600. The standard InChI is InChI=1S/C11H12ClNS/c1-3-7-10(4-2)13-5-8-9(12)6-14-11(7)8/h5-6H,3-4H2,1-2H3. The molecule has 0 saturated heterocycles. The van der Waals surface area contributed by atoms with Gasteiger partial charge in [0.15, 0.2) is 0 Å². The summed E-state index contributed by atoms with van der Waals surface area (Å²) in [5, 5.41) is 3.92. The van der Waals surface area contributed by atoms with E-state index in [9.17, 15) is 0 Å². The van der Waals surface area contributed by atoms with Gasteiger partial charge in [-0.25, -0.2) is 0 Å². The molecule has 0 unspecified atom stereocenters. The van der Waals surface area contributed by atoms with Crippen LogP contribution in [-0.4, -0.2) is 4.98 Å². The van der Waals surface area contributed by atoms with Crippen molar-refractivity contribution in [3.8, 4) is 0 Å². The molecule has 2 rings (SSSR count). The molecule has 0 bridgehead atoms. The molecule has 0 atom stereocenters. The summed E-state index contributed by atoms with van der Waals surface area (Å²) in [4.78, 5) is 4.45. The minimum absolute atomic E-state index is 0.829. The second-order valence-corrected chi connectivity index (χ2v) is 4.50. The summed E-state index contributed by atoms with van der Waals surface area (Å²) in [7, 11) is 0. The number of hydrogen-bond acceptors (Lipinski definition) is 2. The molecule has 74 valence electrons. The van der Waals surface area contributed by atoms with E-state index in [0.717, 1.165) is 23.3 Å². The summed E-state index contributed by atoms with van der Waals surface area (Å²) in [5.74, 6) is 0. The molecular formula is C11H12ClNS. The molecule has 0 fully saturated rings. The van der Waals surface area contributed by atoms with Crippen molar-refractivity contribution in [3.05, 3.63) is 27.9 Å². The maximum atomic E-state index is 6.07. The van der Waals surface area contributed by atoms with Crippen LogP contribution in [0.5, 0.6) is 0 Å². The van der Waals surface area contributed by atoms with Gasteiger partial charge in [0.05, 0.1) is 5.02 Å². The van der Waals surface area contributed by atoms with Crippen molar-refractivity contribution in [2.75, 3.05) is 0 Å². The number of fused-ring (bicyclic) bond motifs is 1. The molecule has 2 aromatic rings. The molecule has 0 N–H and O–H groups in total. The van der Waals surface area contributed by atoms with Crippen LogP contribution >= 0.6 is 22.9 Å². The Bertz CT molecular complexity index is 462. The van der Waals surface area contributed by atoms with Crippen LogP contribution in [0.4, 0.5) is 0 Å². The second kappa shape index (κ2) is 3.87. The van der Waals surface area contributed by atoms with Gasteiger partial charge in [0.25, 0.3) is 0 Å². The number of nitrogens with zero attached hydrogens (tertiary/aromatic N) is 1. The summed E-state index contributed by atoms with van der Waals surface area (Å²) in [5.41, 5.74) is 2.57. The molecule has 3 heteroatoms. The van der Waals surface area contributed by atoms with Crippen molar-refractivity contribution in [3.63, 3.8) is 0 Å². The molecule has 2 aromatic heterocycles. The van der Waals surface area contributed by atoms with Gasteiger partial charge in [-0.1, -0.05) is 25.4 Å². The van der Waals surface area contributed by atoms with Gasteiger partial charge in [-0.05, 0) is 18.4 Å². The van der Waals surface area contributed by atoms with Crippen molar-refractivity contribution in [1.82, 2.24) is 4.98 Å². The third-order valence-electron chi connectivity index (χ3n) is 2.44. The zero-order chi connectivity index (χ0) is 10.1. The van der Waals surface area contributed by atoms with Crippen LogP contribution in [0, 0.1) is 0 Å². The van der Waals surface area contributed by atoms with E-state index < -0.39 is 0 Å². The normalized spacial score (nSPS) is 11.1. The Kier molecular flexibility index (Phi) is 2.75. The zero-order valence-electron chi connectivity index (χ0n) is 8.30. The molecule has 0 aliphatic rings. The first-order chi connectivity index (χ1) is 6.77. The third-order valence-corrected chi connectivity index (χ3v) is 3.94. The number of aromatic nitrogens is 1. The lowest BCUT2D eigenvalue weighted by atomic mass is 10.1. The van der Waals surface area contributed by atoms with Crippen LogP contribution in [0.3, 0.4) is 0 Å². The van der Waals surface area contributed by atoms with Crippen LogP contribution in [-0.2, 0) is 12.8 Å². The maximum Gasteiger partial charge on any atom is 0.0607 e. The third kappa shape index (κ3) is 1.43. The molecule has 0 aliphatic heterocycles. The molecule has 0 spiro atoms. The van der Waals surface area contributed by atoms with E-state index in [4.69, 9.17) is 11.6 Å². The predicted octanol–water partition coefficient (Wildman–Crippen LogP) is 4.07. The van der Waals surface area contributed by atoms with Gasteiger partial charge in [0.1, 0.15) is 0 Å². The Morgan fingerprint density at radius 1 is 1.36 bits per heavy atom. The second-order valence-electron chi connectivity index (χ2n) is 3.22. The number of halogens is 1. The largest absolute Gasteiger partial charge is 0.260 e. The smallest absolute Gasteiger partial charge is 0.0607 e.